The highest BCUT2D eigenvalue weighted by Crippen LogP contribution is 2.37. The van der Waals surface area contributed by atoms with Crippen LogP contribution in [0.2, 0.25) is 0 Å². The van der Waals surface area contributed by atoms with Gasteiger partial charge in [0.1, 0.15) is 10.6 Å². The number of sulfonamides is 1. The summed E-state index contributed by atoms with van der Waals surface area (Å²) < 4.78 is 45.0. The number of anilines is 2. The van der Waals surface area contributed by atoms with E-state index in [1.807, 2.05) is 0 Å². The summed E-state index contributed by atoms with van der Waals surface area (Å²) in [6, 6.07) is 9.62. The van der Waals surface area contributed by atoms with Crippen molar-refractivity contribution in [2.24, 2.45) is 0 Å². The lowest BCUT2D eigenvalue weighted by Crippen LogP contribution is -2.26. The number of pyridine rings is 1. The monoisotopic (exact) mass is 551 g/mol. The SMILES string of the molecule is COc1cc(Nc2c(S(=O)(=O)NC3CC3)cnc3cc(-c4cnc(OC)nc4OC)ccc23)cc(C(=O)O)c1. The Hall–Kier alpha value is -4.49. The molecule has 1 aliphatic carbocycles. The number of carbonyl (C=O) groups is 1. The summed E-state index contributed by atoms with van der Waals surface area (Å²) in [6.45, 7) is 0. The van der Waals surface area contributed by atoms with E-state index in [4.69, 9.17) is 14.2 Å². The number of nitrogens with zero attached hydrogens (tertiary/aromatic N) is 3. The summed E-state index contributed by atoms with van der Waals surface area (Å²) >= 11 is 0. The molecule has 2 aromatic heterocycles. The van der Waals surface area contributed by atoms with E-state index < -0.39 is 16.0 Å². The molecule has 0 atom stereocenters. The van der Waals surface area contributed by atoms with Gasteiger partial charge in [-0.2, -0.15) is 4.98 Å². The highest BCUT2D eigenvalue weighted by atomic mass is 32.2. The van der Waals surface area contributed by atoms with Gasteiger partial charge >= 0.3 is 12.0 Å². The highest BCUT2D eigenvalue weighted by Gasteiger charge is 2.30. The Kier molecular flexibility index (Phi) is 6.93. The first-order valence-electron chi connectivity index (χ1n) is 11.8. The quantitative estimate of drug-likeness (QED) is 0.264. The van der Waals surface area contributed by atoms with E-state index in [0.717, 1.165) is 12.8 Å². The molecule has 4 aromatic rings. The first-order chi connectivity index (χ1) is 18.7. The molecule has 0 radical (unpaired) electrons. The molecule has 13 heteroatoms. The summed E-state index contributed by atoms with van der Waals surface area (Å²) in [5.41, 5.74) is 2.28. The molecule has 2 aromatic carbocycles. The fraction of sp³-hybridized carbons (Fsp3) is 0.231. The van der Waals surface area contributed by atoms with Gasteiger partial charge in [-0.3, -0.25) is 4.98 Å². The molecule has 1 fully saturated rings. The lowest BCUT2D eigenvalue weighted by atomic mass is 10.0. The molecular weight excluding hydrogens is 526 g/mol. The van der Waals surface area contributed by atoms with Gasteiger partial charge in [0.25, 0.3) is 0 Å². The van der Waals surface area contributed by atoms with E-state index in [1.54, 1.807) is 30.5 Å². The van der Waals surface area contributed by atoms with Crippen molar-refractivity contribution in [3.8, 4) is 28.8 Å². The van der Waals surface area contributed by atoms with Crippen molar-refractivity contribution in [2.45, 2.75) is 23.8 Å². The van der Waals surface area contributed by atoms with Crippen LogP contribution in [0, 0.1) is 0 Å². The van der Waals surface area contributed by atoms with E-state index >= 15 is 0 Å². The molecule has 0 amide bonds. The lowest BCUT2D eigenvalue weighted by Gasteiger charge is -2.17. The maximum Gasteiger partial charge on any atom is 0.335 e. The molecule has 12 nitrogen and oxygen atoms in total. The Morgan fingerprint density at radius 2 is 1.79 bits per heavy atom. The van der Waals surface area contributed by atoms with Gasteiger partial charge in [0.2, 0.25) is 15.9 Å². The normalized spacial score (nSPS) is 13.2. The van der Waals surface area contributed by atoms with Gasteiger partial charge in [0, 0.05) is 35.6 Å². The number of aromatic nitrogens is 3. The van der Waals surface area contributed by atoms with Gasteiger partial charge in [-0.05, 0) is 36.6 Å². The Labute approximate surface area is 224 Å². The molecule has 0 bridgehead atoms. The number of nitrogens with one attached hydrogen (secondary N) is 2. The summed E-state index contributed by atoms with van der Waals surface area (Å²) in [7, 11) is 0.414. The predicted molar refractivity (Wildman–Crippen MR) is 142 cm³/mol. The van der Waals surface area contributed by atoms with Crippen molar-refractivity contribution in [3.05, 3.63) is 54.4 Å². The van der Waals surface area contributed by atoms with Crippen LogP contribution in [0.4, 0.5) is 11.4 Å². The van der Waals surface area contributed by atoms with Crippen LogP contribution in [0.3, 0.4) is 0 Å². The Morgan fingerprint density at radius 1 is 1.00 bits per heavy atom. The number of hydrogen-bond acceptors (Lipinski definition) is 10. The largest absolute Gasteiger partial charge is 0.497 e. The number of benzene rings is 2. The van der Waals surface area contributed by atoms with Gasteiger partial charge < -0.3 is 24.6 Å². The third kappa shape index (κ3) is 5.40. The van der Waals surface area contributed by atoms with Crippen LogP contribution in [0.15, 0.2) is 53.7 Å². The molecule has 2 heterocycles. The minimum atomic E-state index is -3.94. The van der Waals surface area contributed by atoms with Crippen molar-refractivity contribution < 1.29 is 32.5 Å². The maximum atomic E-state index is 13.3. The van der Waals surface area contributed by atoms with Crippen LogP contribution in [0.1, 0.15) is 23.2 Å². The Balaban J connectivity index is 1.67. The third-order valence-electron chi connectivity index (χ3n) is 6.10. The second-order valence-electron chi connectivity index (χ2n) is 8.78. The molecule has 39 heavy (non-hydrogen) atoms. The second-order valence-corrected chi connectivity index (χ2v) is 10.5. The standard InChI is InChI=1S/C26H25N5O7S/c1-36-18-9-15(25(32)33)8-17(11-18)29-23-19-7-4-14(20-12-28-26(38-3)30-24(20)37-2)10-21(19)27-13-22(23)39(34,35)31-16-5-6-16/h4,7-13,16,31H,5-6H2,1-3H3,(H,27,29)(H,32,33). The number of hydrogen-bond donors (Lipinski definition) is 3. The predicted octanol–water partition coefficient (Wildman–Crippen LogP) is 3.60. The smallest absolute Gasteiger partial charge is 0.335 e. The van der Waals surface area contributed by atoms with Crippen LogP contribution in [-0.2, 0) is 10.0 Å². The molecule has 5 rings (SSSR count). The fourth-order valence-corrected chi connectivity index (χ4v) is 5.44. The number of rotatable bonds is 10. The van der Waals surface area contributed by atoms with Crippen LogP contribution in [0.5, 0.6) is 17.6 Å². The molecular formula is C26H25N5O7S. The van der Waals surface area contributed by atoms with E-state index in [2.05, 4.69) is 25.0 Å². The van der Waals surface area contributed by atoms with Crippen molar-refractivity contribution in [2.75, 3.05) is 26.6 Å². The van der Waals surface area contributed by atoms with Gasteiger partial charge in [-0.25, -0.2) is 22.9 Å². The lowest BCUT2D eigenvalue weighted by molar-refractivity contribution is 0.0696. The Bertz CT molecular complexity index is 1690. The van der Waals surface area contributed by atoms with Crippen molar-refractivity contribution in [1.29, 1.82) is 0 Å². The topological polar surface area (TPSA) is 162 Å². The maximum absolute atomic E-state index is 13.3. The van der Waals surface area contributed by atoms with Gasteiger partial charge in [0.05, 0.1) is 43.7 Å². The fourth-order valence-electron chi connectivity index (χ4n) is 4.02. The van der Waals surface area contributed by atoms with Gasteiger partial charge in [0.15, 0.2) is 0 Å². The van der Waals surface area contributed by atoms with E-state index in [-0.39, 0.29) is 28.2 Å². The number of methoxy groups -OCH3 is 3. The highest BCUT2D eigenvalue weighted by molar-refractivity contribution is 7.89. The van der Waals surface area contributed by atoms with Gasteiger partial charge in [-0.1, -0.05) is 12.1 Å². The summed E-state index contributed by atoms with van der Waals surface area (Å²) in [5.74, 6) is -0.560. The average molecular weight is 552 g/mol. The molecule has 1 saturated carbocycles. The minimum absolute atomic E-state index is 0.0235. The van der Waals surface area contributed by atoms with E-state index in [1.165, 1.54) is 39.7 Å². The zero-order chi connectivity index (χ0) is 27.7. The van der Waals surface area contributed by atoms with E-state index in [0.29, 0.717) is 39.3 Å². The summed E-state index contributed by atoms with van der Waals surface area (Å²) in [6.07, 6.45) is 4.36. The average Bonchev–Trinajstić information content (AvgIpc) is 3.75. The number of carboxylic acids is 1. The van der Waals surface area contributed by atoms with Crippen molar-refractivity contribution >= 4 is 38.3 Å². The Morgan fingerprint density at radius 3 is 2.46 bits per heavy atom. The summed E-state index contributed by atoms with van der Waals surface area (Å²) in [5, 5.41) is 13.1. The summed E-state index contributed by atoms with van der Waals surface area (Å²) in [4.78, 5) is 24.4. The number of aromatic carboxylic acids is 1. The zero-order valence-electron chi connectivity index (χ0n) is 21.3. The number of carboxylic acid groups (broad SMARTS) is 1. The minimum Gasteiger partial charge on any atom is -0.497 e. The molecule has 0 spiro atoms. The molecule has 0 aliphatic heterocycles. The molecule has 3 N–H and O–H groups in total. The van der Waals surface area contributed by atoms with Crippen LogP contribution < -0.4 is 24.2 Å². The third-order valence-corrected chi connectivity index (χ3v) is 7.63. The van der Waals surface area contributed by atoms with Crippen LogP contribution in [0.25, 0.3) is 22.0 Å². The first-order valence-corrected chi connectivity index (χ1v) is 13.3. The molecule has 0 saturated heterocycles. The zero-order valence-corrected chi connectivity index (χ0v) is 22.1. The molecule has 202 valence electrons. The number of ether oxygens (including phenoxy) is 3. The second kappa shape index (κ2) is 10.3. The van der Waals surface area contributed by atoms with Crippen molar-refractivity contribution in [1.82, 2.24) is 19.7 Å². The van der Waals surface area contributed by atoms with Gasteiger partial charge in [-0.15, -0.1) is 0 Å². The van der Waals surface area contributed by atoms with E-state index in [9.17, 15) is 18.3 Å². The molecule has 1 aliphatic rings. The van der Waals surface area contributed by atoms with Crippen LogP contribution in [-0.4, -0.2) is 61.8 Å². The molecule has 0 unspecified atom stereocenters. The van der Waals surface area contributed by atoms with Crippen LogP contribution >= 0.6 is 0 Å². The first kappa shape index (κ1) is 26.1. The number of fused-ring (bicyclic) bond motifs is 1. The van der Waals surface area contributed by atoms with Crippen molar-refractivity contribution in [3.63, 3.8) is 0 Å².